The molecule has 2 N–H and O–H groups in total. The molecule has 93 valence electrons. The normalized spacial score (nSPS) is 10.8. The maximum Gasteiger partial charge on any atom is 0.0178 e. The Morgan fingerprint density at radius 1 is 0.842 bits per heavy atom. The molecule has 0 fully saturated rings. The van der Waals surface area contributed by atoms with Crippen LogP contribution < -0.4 is 5.73 Å². The molecule has 3 aromatic carbocycles. The van der Waals surface area contributed by atoms with Gasteiger partial charge in [-0.3, -0.25) is 0 Å². The lowest BCUT2D eigenvalue weighted by Crippen LogP contribution is -1.96. The zero-order valence-corrected chi connectivity index (χ0v) is 10.8. The van der Waals surface area contributed by atoms with Crippen LogP contribution in [0.3, 0.4) is 0 Å². The van der Waals surface area contributed by atoms with Gasteiger partial charge in [-0.1, -0.05) is 60.7 Å². The summed E-state index contributed by atoms with van der Waals surface area (Å²) in [5.74, 6) is 0. The van der Waals surface area contributed by atoms with E-state index in [1.165, 1.54) is 27.5 Å². The topological polar surface area (TPSA) is 26.0 Å². The average Bonchev–Trinajstić information content (AvgIpc) is 2.48. The van der Waals surface area contributed by atoms with Gasteiger partial charge in [0, 0.05) is 6.54 Å². The van der Waals surface area contributed by atoms with Crippen LogP contribution in [0.2, 0.25) is 0 Å². The van der Waals surface area contributed by atoms with Crippen molar-refractivity contribution in [1.29, 1.82) is 0 Å². The van der Waals surface area contributed by atoms with E-state index in [1.54, 1.807) is 0 Å². The molecule has 0 unspecified atom stereocenters. The van der Waals surface area contributed by atoms with Gasteiger partial charge >= 0.3 is 0 Å². The minimum atomic E-state index is 0.601. The Hall–Kier alpha value is -2.12. The molecule has 3 rings (SSSR count). The van der Waals surface area contributed by atoms with Gasteiger partial charge in [0.2, 0.25) is 0 Å². The van der Waals surface area contributed by atoms with E-state index in [9.17, 15) is 0 Å². The van der Waals surface area contributed by atoms with Crippen molar-refractivity contribution in [1.82, 2.24) is 0 Å². The second-order valence-electron chi connectivity index (χ2n) is 4.75. The fraction of sp³-hybridized carbons (Fsp3) is 0.111. The third kappa shape index (κ3) is 2.51. The summed E-state index contributed by atoms with van der Waals surface area (Å²) in [5.41, 5.74) is 9.45. The van der Waals surface area contributed by atoms with Crippen molar-refractivity contribution in [3.63, 3.8) is 0 Å². The Morgan fingerprint density at radius 2 is 1.63 bits per heavy atom. The van der Waals surface area contributed by atoms with Gasteiger partial charge in [-0.05, 0) is 39.9 Å². The van der Waals surface area contributed by atoms with Gasteiger partial charge in [-0.2, -0.15) is 0 Å². The van der Waals surface area contributed by atoms with Crippen molar-refractivity contribution in [2.75, 3.05) is 0 Å². The van der Waals surface area contributed by atoms with Crippen LogP contribution >= 0.6 is 0 Å². The molecular formula is C18H16N. The number of fused-ring (bicyclic) bond motifs is 1. The SMILES string of the molecule is NCc1ccc(Cc2cccc3[c]cccc23)cc1. The highest BCUT2D eigenvalue weighted by Gasteiger charge is 2.02. The summed E-state index contributed by atoms with van der Waals surface area (Å²) in [6, 6.07) is 24.4. The molecule has 0 aliphatic carbocycles. The maximum atomic E-state index is 5.62. The van der Waals surface area contributed by atoms with E-state index in [0.29, 0.717) is 6.54 Å². The van der Waals surface area contributed by atoms with Crippen molar-refractivity contribution in [2.24, 2.45) is 5.73 Å². The predicted molar refractivity (Wildman–Crippen MR) is 79.9 cm³/mol. The van der Waals surface area contributed by atoms with Crippen molar-refractivity contribution in [3.05, 3.63) is 83.4 Å². The van der Waals surface area contributed by atoms with Crippen molar-refractivity contribution in [3.8, 4) is 0 Å². The Kier molecular flexibility index (Phi) is 3.30. The average molecular weight is 246 g/mol. The van der Waals surface area contributed by atoms with Gasteiger partial charge in [-0.25, -0.2) is 0 Å². The minimum Gasteiger partial charge on any atom is -0.326 e. The largest absolute Gasteiger partial charge is 0.326 e. The molecular weight excluding hydrogens is 230 g/mol. The van der Waals surface area contributed by atoms with E-state index in [4.69, 9.17) is 5.73 Å². The Labute approximate surface area is 113 Å². The molecule has 0 bridgehead atoms. The predicted octanol–water partition coefficient (Wildman–Crippen LogP) is 3.69. The first kappa shape index (κ1) is 11.9. The van der Waals surface area contributed by atoms with Gasteiger partial charge in [0.15, 0.2) is 0 Å². The molecule has 0 spiro atoms. The molecule has 1 nitrogen and oxygen atoms in total. The molecule has 0 heterocycles. The van der Waals surface area contributed by atoms with Gasteiger partial charge < -0.3 is 5.73 Å². The first-order chi connectivity index (χ1) is 9.36. The second kappa shape index (κ2) is 5.25. The van der Waals surface area contributed by atoms with Crippen LogP contribution in [0.4, 0.5) is 0 Å². The number of rotatable bonds is 3. The quantitative estimate of drug-likeness (QED) is 0.749. The molecule has 1 radical (unpaired) electrons. The lowest BCUT2D eigenvalue weighted by molar-refractivity contribution is 1.06. The van der Waals surface area contributed by atoms with Gasteiger partial charge in [-0.15, -0.1) is 0 Å². The van der Waals surface area contributed by atoms with Gasteiger partial charge in [0.25, 0.3) is 0 Å². The number of nitrogens with two attached hydrogens (primary N) is 1. The highest BCUT2D eigenvalue weighted by atomic mass is 14.5. The molecule has 0 aliphatic heterocycles. The Balaban J connectivity index is 1.96. The van der Waals surface area contributed by atoms with E-state index in [-0.39, 0.29) is 0 Å². The highest BCUT2D eigenvalue weighted by molar-refractivity contribution is 5.85. The molecule has 0 amide bonds. The van der Waals surface area contributed by atoms with E-state index in [2.05, 4.69) is 54.6 Å². The minimum absolute atomic E-state index is 0.601. The second-order valence-corrected chi connectivity index (χ2v) is 4.75. The third-order valence-corrected chi connectivity index (χ3v) is 3.45. The number of hydrogen-bond acceptors (Lipinski definition) is 1. The molecule has 0 saturated carbocycles. The fourth-order valence-electron chi connectivity index (χ4n) is 2.39. The van der Waals surface area contributed by atoms with Crippen LogP contribution in [-0.2, 0) is 13.0 Å². The standard InChI is InChI=1S/C18H16N/c19-13-15-10-8-14(9-11-15)12-17-6-3-5-16-4-1-2-7-18(16)17/h1-3,5-11H,12-13,19H2. The Morgan fingerprint density at radius 3 is 2.42 bits per heavy atom. The fourth-order valence-corrected chi connectivity index (χ4v) is 2.39. The monoisotopic (exact) mass is 246 g/mol. The van der Waals surface area contributed by atoms with Crippen LogP contribution in [0.5, 0.6) is 0 Å². The summed E-state index contributed by atoms with van der Waals surface area (Å²) in [4.78, 5) is 0. The molecule has 19 heavy (non-hydrogen) atoms. The summed E-state index contributed by atoms with van der Waals surface area (Å²) in [5, 5.41) is 2.46. The summed E-state index contributed by atoms with van der Waals surface area (Å²) in [6.45, 7) is 0.601. The van der Waals surface area contributed by atoms with Crippen LogP contribution in [0.1, 0.15) is 16.7 Å². The lowest BCUT2D eigenvalue weighted by Gasteiger charge is -2.07. The van der Waals surface area contributed by atoms with E-state index >= 15 is 0 Å². The number of hydrogen-bond donors (Lipinski definition) is 1. The van der Waals surface area contributed by atoms with Crippen molar-refractivity contribution < 1.29 is 0 Å². The van der Waals surface area contributed by atoms with Crippen LogP contribution in [0, 0.1) is 6.07 Å². The summed E-state index contributed by atoms with van der Waals surface area (Å²) < 4.78 is 0. The van der Waals surface area contributed by atoms with Crippen LogP contribution in [0.15, 0.2) is 60.7 Å². The van der Waals surface area contributed by atoms with E-state index in [1.807, 2.05) is 12.1 Å². The summed E-state index contributed by atoms with van der Waals surface area (Å²) in [7, 11) is 0. The lowest BCUT2D eigenvalue weighted by atomic mass is 9.98. The molecule has 1 heteroatoms. The summed E-state index contributed by atoms with van der Waals surface area (Å²) >= 11 is 0. The van der Waals surface area contributed by atoms with Crippen molar-refractivity contribution in [2.45, 2.75) is 13.0 Å². The maximum absolute atomic E-state index is 5.62. The van der Waals surface area contributed by atoms with Gasteiger partial charge in [0.1, 0.15) is 0 Å². The third-order valence-electron chi connectivity index (χ3n) is 3.45. The zero-order valence-electron chi connectivity index (χ0n) is 10.8. The molecule has 0 aliphatic rings. The van der Waals surface area contributed by atoms with E-state index < -0.39 is 0 Å². The molecule has 0 atom stereocenters. The molecule has 0 aromatic heterocycles. The smallest absolute Gasteiger partial charge is 0.0178 e. The van der Waals surface area contributed by atoms with Gasteiger partial charge in [0.05, 0.1) is 0 Å². The first-order valence-corrected chi connectivity index (χ1v) is 6.53. The number of benzene rings is 3. The van der Waals surface area contributed by atoms with Crippen molar-refractivity contribution >= 4 is 10.8 Å². The summed E-state index contributed by atoms with van der Waals surface area (Å²) in [6.07, 6.45) is 0.944. The molecule has 0 saturated heterocycles. The zero-order chi connectivity index (χ0) is 13.1. The highest BCUT2D eigenvalue weighted by Crippen LogP contribution is 2.21. The van der Waals surface area contributed by atoms with Crippen LogP contribution in [-0.4, -0.2) is 0 Å². The molecule has 3 aromatic rings. The first-order valence-electron chi connectivity index (χ1n) is 6.53. The Bertz CT molecular complexity index is 678. The van der Waals surface area contributed by atoms with Crippen LogP contribution in [0.25, 0.3) is 10.8 Å². The van der Waals surface area contributed by atoms with E-state index in [0.717, 1.165) is 6.42 Å².